The third-order valence-corrected chi connectivity index (χ3v) is 4.53. The topological polar surface area (TPSA) is 64.6 Å². The molecule has 2 aromatic rings. The maximum absolute atomic E-state index is 13.5. The molecule has 2 aromatic carbocycles. The molecule has 144 valence electrons. The fourth-order valence-corrected chi connectivity index (χ4v) is 2.91. The van der Waals surface area contributed by atoms with Gasteiger partial charge in [0.15, 0.2) is 6.10 Å². The van der Waals surface area contributed by atoms with E-state index in [-0.39, 0.29) is 10.6 Å². The minimum Gasteiger partial charge on any atom is -0.495 e. The maximum atomic E-state index is 13.5. The molecule has 8 heteroatoms. The summed E-state index contributed by atoms with van der Waals surface area (Å²) in [6.07, 6.45) is -1.07. The summed E-state index contributed by atoms with van der Waals surface area (Å²) in [4.78, 5) is 24.1. The normalized spacial score (nSPS) is 11.6. The van der Waals surface area contributed by atoms with Crippen molar-refractivity contribution in [2.24, 2.45) is 0 Å². The van der Waals surface area contributed by atoms with E-state index in [1.54, 1.807) is 12.1 Å². The number of benzene rings is 2. The summed E-state index contributed by atoms with van der Waals surface area (Å²) in [7, 11) is 1.48. The molecule has 5 nitrogen and oxygen atoms in total. The van der Waals surface area contributed by atoms with Crippen LogP contribution in [-0.2, 0) is 14.3 Å². The SMILES string of the molecule is COc1ccc(C)cc1NC(=O)[C@H](C)OC(=O)CSc1cc(F)ccc1F. The average molecular weight is 395 g/mol. The molecule has 0 aliphatic rings. The van der Waals surface area contributed by atoms with Gasteiger partial charge in [0.1, 0.15) is 17.4 Å². The van der Waals surface area contributed by atoms with Gasteiger partial charge in [-0.15, -0.1) is 11.8 Å². The molecular weight excluding hydrogens is 376 g/mol. The number of carbonyl (C=O) groups is 2. The Morgan fingerprint density at radius 3 is 2.63 bits per heavy atom. The second-order valence-electron chi connectivity index (χ2n) is 5.69. The number of hydrogen-bond acceptors (Lipinski definition) is 5. The van der Waals surface area contributed by atoms with Crippen LogP contribution >= 0.6 is 11.8 Å². The van der Waals surface area contributed by atoms with Gasteiger partial charge >= 0.3 is 5.97 Å². The number of hydrogen-bond donors (Lipinski definition) is 1. The summed E-state index contributed by atoms with van der Waals surface area (Å²) in [5.41, 5.74) is 1.38. The zero-order valence-electron chi connectivity index (χ0n) is 15.0. The maximum Gasteiger partial charge on any atom is 0.317 e. The molecule has 1 amide bonds. The van der Waals surface area contributed by atoms with E-state index in [4.69, 9.17) is 9.47 Å². The van der Waals surface area contributed by atoms with Gasteiger partial charge in [0.2, 0.25) is 0 Å². The van der Waals surface area contributed by atoms with E-state index in [2.05, 4.69) is 5.32 Å². The summed E-state index contributed by atoms with van der Waals surface area (Å²) in [6, 6.07) is 8.24. The number of rotatable bonds is 7. The number of aryl methyl sites for hydroxylation is 1. The number of methoxy groups -OCH3 is 1. The van der Waals surface area contributed by atoms with Crippen LogP contribution in [0.3, 0.4) is 0 Å². The van der Waals surface area contributed by atoms with E-state index in [0.29, 0.717) is 11.4 Å². The predicted octanol–water partition coefficient (Wildman–Crippen LogP) is 3.94. The van der Waals surface area contributed by atoms with Crippen LogP contribution in [0.25, 0.3) is 0 Å². The third-order valence-electron chi connectivity index (χ3n) is 3.53. The van der Waals surface area contributed by atoms with Gasteiger partial charge in [-0.05, 0) is 49.7 Å². The molecule has 0 aliphatic carbocycles. The Balaban J connectivity index is 1.91. The van der Waals surface area contributed by atoms with Crippen LogP contribution in [0, 0.1) is 18.6 Å². The van der Waals surface area contributed by atoms with E-state index >= 15 is 0 Å². The molecule has 0 radical (unpaired) electrons. The largest absolute Gasteiger partial charge is 0.495 e. The van der Waals surface area contributed by atoms with Crippen molar-refractivity contribution in [3.63, 3.8) is 0 Å². The van der Waals surface area contributed by atoms with Crippen molar-refractivity contribution in [2.75, 3.05) is 18.2 Å². The number of ether oxygens (including phenoxy) is 2. The zero-order valence-corrected chi connectivity index (χ0v) is 15.9. The Kier molecular flexibility index (Phi) is 7.18. The number of carbonyl (C=O) groups excluding carboxylic acids is 2. The smallest absolute Gasteiger partial charge is 0.317 e. The molecule has 0 saturated carbocycles. The molecule has 1 N–H and O–H groups in total. The summed E-state index contributed by atoms with van der Waals surface area (Å²) < 4.78 is 36.9. The summed E-state index contributed by atoms with van der Waals surface area (Å²) in [6.45, 7) is 3.28. The average Bonchev–Trinajstić information content (AvgIpc) is 2.62. The lowest BCUT2D eigenvalue weighted by Crippen LogP contribution is -2.30. The molecule has 0 bridgehead atoms. The van der Waals surface area contributed by atoms with E-state index in [1.807, 2.05) is 13.0 Å². The highest BCUT2D eigenvalue weighted by atomic mass is 32.2. The quantitative estimate of drug-likeness (QED) is 0.568. The second kappa shape index (κ2) is 9.36. The fourth-order valence-electron chi connectivity index (χ4n) is 2.16. The van der Waals surface area contributed by atoms with Crippen molar-refractivity contribution >= 4 is 29.3 Å². The molecule has 27 heavy (non-hydrogen) atoms. The highest BCUT2D eigenvalue weighted by Crippen LogP contribution is 2.26. The van der Waals surface area contributed by atoms with Gasteiger partial charge in [-0.2, -0.15) is 0 Å². The Bertz CT molecular complexity index is 844. The number of amides is 1. The van der Waals surface area contributed by atoms with Crippen LogP contribution < -0.4 is 10.1 Å². The molecule has 1 atom stereocenters. The number of halogens is 2. The number of anilines is 1. The van der Waals surface area contributed by atoms with Crippen LogP contribution in [0.2, 0.25) is 0 Å². The van der Waals surface area contributed by atoms with Crippen molar-refractivity contribution in [3.8, 4) is 5.75 Å². The van der Waals surface area contributed by atoms with Crippen molar-refractivity contribution < 1.29 is 27.8 Å². The Morgan fingerprint density at radius 1 is 1.19 bits per heavy atom. The van der Waals surface area contributed by atoms with E-state index in [0.717, 1.165) is 35.5 Å². The first kappa shape index (κ1) is 20.7. The van der Waals surface area contributed by atoms with Gasteiger partial charge in [0.25, 0.3) is 5.91 Å². The van der Waals surface area contributed by atoms with Gasteiger partial charge in [-0.1, -0.05) is 6.07 Å². The minimum absolute atomic E-state index is 0.00597. The van der Waals surface area contributed by atoms with Crippen molar-refractivity contribution in [2.45, 2.75) is 24.8 Å². The molecule has 0 unspecified atom stereocenters. The number of nitrogens with one attached hydrogen (secondary N) is 1. The first-order valence-electron chi connectivity index (χ1n) is 8.03. The van der Waals surface area contributed by atoms with Crippen molar-refractivity contribution in [1.82, 2.24) is 0 Å². The first-order valence-corrected chi connectivity index (χ1v) is 9.01. The van der Waals surface area contributed by atoms with Crippen LogP contribution in [0.4, 0.5) is 14.5 Å². The fraction of sp³-hybridized carbons (Fsp3) is 0.263. The second-order valence-corrected chi connectivity index (χ2v) is 6.71. The van der Waals surface area contributed by atoms with Crippen molar-refractivity contribution in [3.05, 3.63) is 53.6 Å². The highest BCUT2D eigenvalue weighted by Gasteiger charge is 2.20. The number of thioether (sulfide) groups is 1. The van der Waals surface area contributed by atoms with Gasteiger partial charge in [-0.25, -0.2) is 8.78 Å². The van der Waals surface area contributed by atoms with E-state index < -0.39 is 29.6 Å². The summed E-state index contributed by atoms with van der Waals surface area (Å²) >= 11 is 0.794. The van der Waals surface area contributed by atoms with Gasteiger partial charge in [0, 0.05) is 4.90 Å². The molecule has 0 aromatic heterocycles. The summed E-state index contributed by atoms with van der Waals surface area (Å²) in [5.74, 6) is -2.27. The van der Waals surface area contributed by atoms with Crippen LogP contribution in [0.1, 0.15) is 12.5 Å². The molecule has 0 saturated heterocycles. The molecular formula is C19H19F2NO4S. The highest BCUT2D eigenvalue weighted by molar-refractivity contribution is 8.00. The Morgan fingerprint density at radius 2 is 1.93 bits per heavy atom. The minimum atomic E-state index is -1.07. The monoisotopic (exact) mass is 395 g/mol. The lowest BCUT2D eigenvalue weighted by atomic mass is 10.2. The van der Waals surface area contributed by atoms with Crippen molar-refractivity contribution in [1.29, 1.82) is 0 Å². The molecule has 2 rings (SSSR count). The third kappa shape index (κ3) is 5.96. The Hall–Kier alpha value is -2.61. The number of esters is 1. The lowest BCUT2D eigenvalue weighted by Gasteiger charge is -2.15. The zero-order chi connectivity index (χ0) is 20.0. The summed E-state index contributed by atoms with van der Waals surface area (Å²) in [5, 5.41) is 2.64. The van der Waals surface area contributed by atoms with Crippen LogP contribution in [0.5, 0.6) is 5.75 Å². The van der Waals surface area contributed by atoms with E-state index in [1.165, 1.54) is 14.0 Å². The van der Waals surface area contributed by atoms with Gasteiger partial charge < -0.3 is 14.8 Å². The molecule has 0 fully saturated rings. The van der Waals surface area contributed by atoms with Crippen LogP contribution in [-0.4, -0.2) is 30.8 Å². The standard InChI is InChI=1S/C19H19F2NO4S/c1-11-4-7-16(25-3)15(8-11)22-19(24)12(2)26-18(23)10-27-17-9-13(20)5-6-14(17)21/h4-9,12H,10H2,1-3H3,(H,22,24)/t12-/m0/s1. The van der Waals surface area contributed by atoms with Gasteiger partial charge in [0.05, 0.1) is 18.6 Å². The van der Waals surface area contributed by atoms with E-state index in [9.17, 15) is 18.4 Å². The lowest BCUT2D eigenvalue weighted by molar-refractivity contribution is -0.150. The Labute approximate surface area is 160 Å². The molecule has 0 heterocycles. The molecule has 0 aliphatic heterocycles. The van der Waals surface area contributed by atoms with Gasteiger partial charge in [-0.3, -0.25) is 9.59 Å². The first-order chi connectivity index (χ1) is 12.8. The van der Waals surface area contributed by atoms with Crippen LogP contribution in [0.15, 0.2) is 41.3 Å². The molecule has 0 spiro atoms. The predicted molar refractivity (Wildman–Crippen MR) is 99.0 cm³/mol.